The van der Waals surface area contributed by atoms with Crippen molar-refractivity contribution in [3.63, 3.8) is 0 Å². The molecule has 3 aromatic rings. The topological polar surface area (TPSA) is 50.7 Å². The van der Waals surface area contributed by atoms with Crippen molar-refractivity contribution in [3.8, 4) is 17.2 Å². The predicted octanol–water partition coefficient (Wildman–Crippen LogP) is 4.98. The third kappa shape index (κ3) is 4.70. The van der Waals surface area contributed by atoms with Crippen LogP contribution in [0.15, 0.2) is 72.8 Å². The van der Waals surface area contributed by atoms with E-state index in [1.165, 1.54) is 0 Å². The number of para-hydroxylation sites is 1. The number of aromatic hydroxyl groups is 1. The lowest BCUT2D eigenvalue weighted by molar-refractivity contribution is 0.267. The van der Waals surface area contributed by atoms with Crippen LogP contribution in [0.25, 0.3) is 0 Å². The number of hydrogen-bond donors (Lipinski definition) is 2. The van der Waals surface area contributed by atoms with Gasteiger partial charge in [0.2, 0.25) is 0 Å². The molecule has 0 saturated carbocycles. The van der Waals surface area contributed by atoms with Crippen LogP contribution in [0.1, 0.15) is 18.1 Å². The summed E-state index contributed by atoms with van der Waals surface area (Å²) >= 11 is 0. The van der Waals surface area contributed by atoms with Crippen molar-refractivity contribution in [2.45, 2.75) is 20.1 Å². The Labute approximate surface area is 154 Å². The summed E-state index contributed by atoms with van der Waals surface area (Å²) in [7, 11) is 0. The van der Waals surface area contributed by atoms with E-state index in [1.54, 1.807) is 12.1 Å². The molecule has 134 valence electrons. The van der Waals surface area contributed by atoms with Crippen LogP contribution in [0.5, 0.6) is 17.2 Å². The molecule has 0 aromatic heterocycles. The zero-order valence-corrected chi connectivity index (χ0v) is 14.8. The lowest BCUT2D eigenvalue weighted by Crippen LogP contribution is -2.06. The number of phenolic OH excluding ortho intramolecular Hbond substituents is 1. The molecule has 2 N–H and O–H groups in total. The molecular weight excluding hydrogens is 326 g/mol. The summed E-state index contributed by atoms with van der Waals surface area (Å²) < 4.78 is 11.9. The molecule has 0 aliphatic rings. The van der Waals surface area contributed by atoms with Gasteiger partial charge in [0.1, 0.15) is 12.4 Å². The number of hydrogen-bond acceptors (Lipinski definition) is 4. The first-order chi connectivity index (χ1) is 12.8. The lowest BCUT2D eigenvalue weighted by atomic mass is 10.1. The summed E-state index contributed by atoms with van der Waals surface area (Å²) in [5.41, 5.74) is 3.05. The molecule has 0 unspecified atom stereocenters. The van der Waals surface area contributed by atoms with E-state index in [9.17, 15) is 5.11 Å². The first-order valence-corrected chi connectivity index (χ1v) is 8.70. The smallest absolute Gasteiger partial charge is 0.166 e. The van der Waals surface area contributed by atoms with Gasteiger partial charge in [-0.3, -0.25) is 0 Å². The highest BCUT2D eigenvalue weighted by Crippen LogP contribution is 2.33. The Morgan fingerprint density at radius 2 is 1.62 bits per heavy atom. The molecule has 4 nitrogen and oxygen atoms in total. The molecule has 0 heterocycles. The van der Waals surface area contributed by atoms with E-state index in [2.05, 4.69) is 5.32 Å². The van der Waals surface area contributed by atoms with Crippen LogP contribution in [0, 0.1) is 0 Å². The molecule has 0 aliphatic carbocycles. The largest absolute Gasteiger partial charge is 0.508 e. The molecular formula is C22H23NO3. The molecule has 0 aliphatic heterocycles. The average Bonchev–Trinajstić information content (AvgIpc) is 2.68. The summed E-state index contributed by atoms with van der Waals surface area (Å²) in [4.78, 5) is 0. The number of ether oxygens (including phenoxy) is 2. The van der Waals surface area contributed by atoms with Crippen LogP contribution < -0.4 is 14.8 Å². The van der Waals surface area contributed by atoms with Crippen molar-refractivity contribution < 1.29 is 14.6 Å². The molecule has 0 amide bonds. The number of anilines is 1. The van der Waals surface area contributed by atoms with Crippen molar-refractivity contribution in [3.05, 3.63) is 83.9 Å². The fraction of sp³-hybridized carbons (Fsp3) is 0.182. The second-order valence-corrected chi connectivity index (χ2v) is 5.85. The summed E-state index contributed by atoms with van der Waals surface area (Å²) in [6.07, 6.45) is 0. The maximum absolute atomic E-state index is 9.40. The van der Waals surface area contributed by atoms with Crippen molar-refractivity contribution in [2.75, 3.05) is 11.9 Å². The van der Waals surface area contributed by atoms with Gasteiger partial charge in [0.05, 0.1) is 6.61 Å². The van der Waals surface area contributed by atoms with Gasteiger partial charge in [-0.2, -0.15) is 0 Å². The Balaban J connectivity index is 1.76. The molecule has 0 spiro atoms. The zero-order valence-electron chi connectivity index (χ0n) is 14.8. The molecule has 0 bridgehead atoms. The van der Waals surface area contributed by atoms with Gasteiger partial charge < -0.3 is 19.9 Å². The molecule has 0 fully saturated rings. The molecule has 26 heavy (non-hydrogen) atoms. The van der Waals surface area contributed by atoms with Crippen molar-refractivity contribution in [1.29, 1.82) is 0 Å². The maximum Gasteiger partial charge on any atom is 0.166 e. The molecule has 0 atom stereocenters. The van der Waals surface area contributed by atoms with Crippen molar-refractivity contribution >= 4 is 5.69 Å². The number of rotatable bonds is 8. The van der Waals surface area contributed by atoms with Crippen molar-refractivity contribution in [2.24, 2.45) is 0 Å². The van der Waals surface area contributed by atoms with E-state index >= 15 is 0 Å². The quantitative estimate of drug-likeness (QED) is 0.563. The Bertz CT molecular complexity index is 817. The summed E-state index contributed by atoms with van der Waals surface area (Å²) in [5.74, 6) is 1.75. The van der Waals surface area contributed by atoms with E-state index in [0.29, 0.717) is 19.8 Å². The van der Waals surface area contributed by atoms with Gasteiger partial charge in [0.15, 0.2) is 11.5 Å². The maximum atomic E-state index is 9.40. The standard InChI is InChI=1S/C22H23NO3/c1-2-25-21-10-6-9-18(15-23-19-11-13-20(24)14-12-19)22(21)26-16-17-7-4-3-5-8-17/h3-14,23-24H,2,15-16H2,1H3. The third-order valence-corrected chi connectivity index (χ3v) is 3.94. The predicted molar refractivity (Wildman–Crippen MR) is 104 cm³/mol. The minimum atomic E-state index is 0.251. The first-order valence-electron chi connectivity index (χ1n) is 8.70. The number of nitrogens with one attached hydrogen (secondary N) is 1. The third-order valence-electron chi connectivity index (χ3n) is 3.94. The first kappa shape index (κ1) is 17.7. The summed E-state index contributed by atoms with van der Waals surface area (Å²) in [6, 6.07) is 23.0. The van der Waals surface area contributed by atoms with Crippen LogP contribution in [0.4, 0.5) is 5.69 Å². The van der Waals surface area contributed by atoms with E-state index in [1.807, 2.05) is 67.6 Å². The van der Waals surface area contributed by atoms with E-state index in [4.69, 9.17) is 9.47 Å². The van der Waals surface area contributed by atoms with Gasteiger partial charge in [0, 0.05) is 17.8 Å². The fourth-order valence-corrected chi connectivity index (χ4v) is 2.64. The Morgan fingerprint density at radius 3 is 2.35 bits per heavy atom. The van der Waals surface area contributed by atoms with Gasteiger partial charge in [-0.15, -0.1) is 0 Å². The van der Waals surface area contributed by atoms with Crippen LogP contribution in [0.2, 0.25) is 0 Å². The average molecular weight is 349 g/mol. The molecule has 3 rings (SSSR count). The second-order valence-electron chi connectivity index (χ2n) is 5.85. The highest BCUT2D eigenvalue weighted by atomic mass is 16.5. The van der Waals surface area contributed by atoms with Crippen LogP contribution >= 0.6 is 0 Å². The summed E-state index contributed by atoms with van der Waals surface area (Å²) in [5, 5.41) is 12.7. The van der Waals surface area contributed by atoms with Gasteiger partial charge in [-0.05, 0) is 42.8 Å². The molecule has 4 heteroatoms. The fourth-order valence-electron chi connectivity index (χ4n) is 2.64. The molecule has 3 aromatic carbocycles. The molecule has 0 radical (unpaired) electrons. The Hall–Kier alpha value is -3.14. The normalized spacial score (nSPS) is 10.3. The van der Waals surface area contributed by atoms with Gasteiger partial charge >= 0.3 is 0 Å². The lowest BCUT2D eigenvalue weighted by Gasteiger charge is -2.17. The zero-order chi connectivity index (χ0) is 18.2. The van der Waals surface area contributed by atoms with Crippen LogP contribution in [0.3, 0.4) is 0 Å². The Kier molecular flexibility index (Phi) is 5.99. The van der Waals surface area contributed by atoms with E-state index in [-0.39, 0.29) is 5.75 Å². The summed E-state index contributed by atoms with van der Waals surface area (Å²) in [6.45, 7) is 3.62. The SMILES string of the molecule is CCOc1cccc(CNc2ccc(O)cc2)c1OCc1ccccc1. The van der Waals surface area contributed by atoms with Gasteiger partial charge in [-0.1, -0.05) is 42.5 Å². The van der Waals surface area contributed by atoms with Crippen LogP contribution in [-0.4, -0.2) is 11.7 Å². The minimum Gasteiger partial charge on any atom is -0.508 e. The minimum absolute atomic E-state index is 0.251. The Morgan fingerprint density at radius 1 is 0.846 bits per heavy atom. The second kappa shape index (κ2) is 8.81. The highest BCUT2D eigenvalue weighted by Gasteiger charge is 2.11. The van der Waals surface area contributed by atoms with Crippen molar-refractivity contribution in [1.82, 2.24) is 0 Å². The highest BCUT2D eigenvalue weighted by molar-refractivity contribution is 5.51. The van der Waals surface area contributed by atoms with E-state index in [0.717, 1.165) is 28.3 Å². The van der Waals surface area contributed by atoms with E-state index < -0.39 is 0 Å². The van der Waals surface area contributed by atoms with Gasteiger partial charge in [0.25, 0.3) is 0 Å². The van der Waals surface area contributed by atoms with Gasteiger partial charge in [-0.25, -0.2) is 0 Å². The van der Waals surface area contributed by atoms with Crippen LogP contribution in [-0.2, 0) is 13.2 Å². The molecule has 0 saturated heterocycles. The monoisotopic (exact) mass is 349 g/mol. The number of phenols is 1. The number of benzene rings is 3.